The minimum absolute atomic E-state index is 0.453. The fourth-order valence-corrected chi connectivity index (χ4v) is 3.33. The summed E-state index contributed by atoms with van der Waals surface area (Å²) in [6.07, 6.45) is 6.61. The zero-order valence-electron chi connectivity index (χ0n) is 17.4. The number of hydrogen-bond donors (Lipinski definition) is 3. The first-order chi connectivity index (χ1) is 13.5. The smallest absolute Gasteiger partial charge is 0.228 e. The number of aliphatic imine (C=N–C) groups is 1. The lowest BCUT2D eigenvalue weighted by Gasteiger charge is -2.33. The number of nitrogens with zero attached hydrogens (tertiary/aromatic N) is 5. The summed E-state index contributed by atoms with van der Waals surface area (Å²) in [6.45, 7) is 7.96. The molecule has 3 rings (SSSR count). The second kappa shape index (κ2) is 9.14. The van der Waals surface area contributed by atoms with Crippen LogP contribution in [0.25, 0.3) is 0 Å². The lowest BCUT2D eigenvalue weighted by atomic mass is 10.1. The van der Waals surface area contributed by atoms with Crippen molar-refractivity contribution < 1.29 is 0 Å². The molecule has 8 heteroatoms. The summed E-state index contributed by atoms with van der Waals surface area (Å²) in [7, 11) is 3.98. The van der Waals surface area contributed by atoms with Crippen molar-refractivity contribution in [2.24, 2.45) is 10.9 Å². The van der Waals surface area contributed by atoms with Crippen LogP contribution in [0.15, 0.2) is 16.9 Å². The maximum atomic E-state index is 8.53. The van der Waals surface area contributed by atoms with E-state index in [9.17, 15) is 0 Å². The Morgan fingerprint density at radius 2 is 2.00 bits per heavy atom. The minimum atomic E-state index is 0.453. The molecule has 28 heavy (non-hydrogen) atoms. The average Bonchev–Trinajstić information content (AvgIpc) is 2.70. The highest BCUT2D eigenvalue weighted by Gasteiger charge is 2.23. The number of allylic oxidation sites excluding steroid dienone is 1. The van der Waals surface area contributed by atoms with Gasteiger partial charge < -0.3 is 25.8 Å². The Morgan fingerprint density at radius 1 is 1.25 bits per heavy atom. The third kappa shape index (κ3) is 4.67. The third-order valence-corrected chi connectivity index (χ3v) is 5.12. The molecule has 2 aliphatic rings. The third-order valence-electron chi connectivity index (χ3n) is 5.12. The van der Waals surface area contributed by atoms with Gasteiger partial charge in [-0.1, -0.05) is 20.3 Å². The lowest BCUT2D eigenvalue weighted by molar-refractivity contribution is 0.311. The molecule has 0 saturated carbocycles. The normalized spacial score (nSPS) is 20.1. The summed E-state index contributed by atoms with van der Waals surface area (Å²) in [4.78, 5) is 18.6. The van der Waals surface area contributed by atoms with E-state index in [4.69, 9.17) is 15.4 Å². The zero-order valence-corrected chi connectivity index (χ0v) is 17.4. The van der Waals surface area contributed by atoms with Crippen LogP contribution in [0.5, 0.6) is 0 Å². The van der Waals surface area contributed by atoms with Gasteiger partial charge in [-0.25, -0.2) is 9.98 Å². The Balaban J connectivity index is 1.97. The van der Waals surface area contributed by atoms with Gasteiger partial charge in [0.2, 0.25) is 5.95 Å². The van der Waals surface area contributed by atoms with Crippen LogP contribution in [0.2, 0.25) is 0 Å². The van der Waals surface area contributed by atoms with Gasteiger partial charge in [0.25, 0.3) is 0 Å². The Labute approximate surface area is 167 Å². The summed E-state index contributed by atoms with van der Waals surface area (Å²) < 4.78 is 0. The van der Waals surface area contributed by atoms with Gasteiger partial charge in [-0.05, 0) is 31.9 Å². The predicted octanol–water partition coefficient (Wildman–Crippen LogP) is 2.80. The molecule has 0 amide bonds. The van der Waals surface area contributed by atoms with E-state index in [2.05, 4.69) is 52.4 Å². The number of hydrogen-bond acceptors (Lipinski definition) is 8. The molecule has 1 unspecified atom stereocenters. The number of aromatic nitrogens is 2. The Morgan fingerprint density at radius 3 is 2.61 bits per heavy atom. The maximum Gasteiger partial charge on any atom is 0.228 e. The quantitative estimate of drug-likeness (QED) is 0.626. The SMILES string of the molecule is CCCC(=N)c1nc(N2CCN(C)CC2)nc(NC2=CCC(C)C=N2)c1NC. The molecule has 3 N–H and O–H groups in total. The van der Waals surface area contributed by atoms with Crippen LogP contribution in [-0.4, -0.2) is 67.1 Å². The van der Waals surface area contributed by atoms with Crippen LogP contribution >= 0.6 is 0 Å². The molecular weight excluding hydrogens is 352 g/mol. The van der Waals surface area contributed by atoms with Crippen LogP contribution in [0.4, 0.5) is 17.5 Å². The van der Waals surface area contributed by atoms with E-state index in [0.717, 1.165) is 50.5 Å². The summed E-state index contributed by atoms with van der Waals surface area (Å²) in [5, 5.41) is 15.1. The van der Waals surface area contributed by atoms with Crippen LogP contribution < -0.4 is 15.5 Å². The molecule has 1 aromatic rings. The summed E-state index contributed by atoms with van der Waals surface area (Å²) in [6, 6.07) is 0. The molecule has 3 heterocycles. The van der Waals surface area contributed by atoms with E-state index in [1.54, 1.807) is 0 Å². The Kier molecular flexibility index (Phi) is 6.61. The predicted molar refractivity (Wildman–Crippen MR) is 117 cm³/mol. The van der Waals surface area contributed by atoms with Gasteiger partial charge in [0.1, 0.15) is 17.2 Å². The van der Waals surface area contributed by atoms with Gasteiger partial charge in [-0.2, -0.15) is 4.98 Å². The number of anilines is 3. The zero-order chi connectivity index (χ0) is 20.1. The largest absolute Gasteiger partial charge is 0.383 e. The second-order valence-corrected chi connectivity index (χ2v) is 7.57. The number of likely N-dealkylation sites (N-methyl/N-ethyl adjacent to an activating group) is 1. The van der Waals surface area contributed by atoms with Crippen molar-refractivity contribution in [1.82, 2.24) is 14.9 Å². The molecule has 2 aliphatic heterocycles. The Hall–Kier alpha value is -2.48. The molecule has 1 saturated heterocycles. The molecule has 0 bridgehead atoms. The molecule has 0 radical (unpaired) electrons. The number of rotatable bonds is 7. The first-order valence-electron chi connectivity index (χ1n) is 10.1. The van der Waals surface area contributed by atoms with Crippen LogP contribution in [0.3, 0.4) is 0 Å². The molecule has 8 nitrogen and oxygen atoms in total. The molecule has 1 atom stereocenters. The molecule has 0 aromatic carbocycles. The molecule has 152 valence electrons. The van der Waals surface area contributed by atoms with Gasteiger partial charge in [0.05, 0.1) is 5.71 Å². The average molecular weight is 385 g/mol. The molecule has 0 spiro atoms. The van der Waals surface area contributed by atoms with Crippen molar-refractivity contribution in [3.63, 3.8) is 0 Å². The Bertz CT molecular complexity index is 762. The number of nitrogens with one attached hydrogen (secondary N) is 3. The van der Waals surface area contributed by atoms with Crippen molar-refractivity contribution >= 4 is 29.4 Å². The standard InChI is InChI=1S/C20H32N8/c1-5-6-15(21)17-18(22-3)19(24-16-8-7-14(2)13-23-16)26-20(25-17)28-11-9-27(4)10-12-28/h8,13-14,21-22H,5-7,9-12H2,1-4H3,(H,24,25,26). The summed E-state index contributed by atoms with van der Waals surface area (Å²) in [5.41, 5.74) is 1.96. The fourth-order valence-electron chi connectivity index (χ4n) is 3.33. The second-order valence-electron chi connectivity index (χ2n) is 7.57. The van der Waals surface area contributed by atoms with Crippen molar-refractivity contribution in [2.45, 2.75) is 33.1 Å². The topological polar surface area (TPSA) is 92.5 Å². The highest BCUT2D eigenvalue weighted by molar-refractivity contribution is 6.03. The van der Waals surface area contributed by atoms with E-state index in [-0.39, 0.29) is 0 Å². The molecule has 1 fully saturated rings. The van der Waals surface area contributed by atoms with E-state index >= 15 is 0 Å². The monoisotopic (exact) mass is 384 g/mol. The van der Waals surface area contributed by atoms with Gasteiger partial charge in [0.15, 0.2) is 5.82 Å². The van der Waals surface area contributed by atoms with E-state index in [1.165, 1.54) is 0 Å². The van der Waals surface area contributed by atoms with E-state index < -0.39 is 0 Å². The van der Waals surface area contributed by atoms with Gasteiger partial charge in [-0.15, -0.1) is 0 Å². The summed E-state index contributed by atoms with van der Waals surface area (Å²) in [5.74, 6) is 2.61. The van der Waals surface area contributed by atoms with Crippen LogP contribution in [0.1, 0.15) is 38.8 Å². The van der Waals surface area contributed by atoms with E-state index in [1.807, 2.05) is 13.3 Å². The van der Waals surface area contributed by atoms with Crippen molar-refractivity contribution in [3.05, 3.63) is 17.6 Å². The van der Waals surface area contributed by atoms with Crippen molar-refractivity contribution in [3.8, 4) is 0 Å². The minimum Gasteiger partial charge on any atom is -0.383 e. The fraction of sp³-hybridized carbons (Fsp3) is 0.600. The first-order valence-corrected chi connectivity index (χ1v) is 10.1. The van der Waals surface area contributed by atoms with Crippen molar-refractivity contribution in [2.75, 3.05) is 55.8 Å². The lowest BCUT2D eigenvalue weighted by Crippen LogP contribution is -2.45. The number of piperazine rings is 1. The summed E-state index contributed by atoms with van der Waals surface area (Å²) >= 11 is 0. The van der Waals surface area contributed by atoms with Gasteiger partial charge in [-0.3, -0.25) is 0 Å². The van der Waals surface area contributed by atoms with Gasteiger partial charge in [0, 0.05) is 39.4 Å². The highest BCUT2D eigenvalue weighted by Crippen LogP contribution is 2.29. The first kappa shape index (κ1) is 20.3. The molecule has 1 aromatic heterocycles. The molecular formula is C20H32N8. The van der Waals surface area contributed by atoms with Crippen LogP contribution in [-0.2, 0) is 0 Å². The highest BCUT2D eigenvalue weighted by atomic mass is 15.3. The molecule has 0 aliphatic carbocycles. The van der Waals surface area contributed by atoms with E-state index in [0.29, 0.717) is 35.5 Å². The van der Waals surface area contributed by atoms with Crippen molar-refractivity contribution in [1.29, 1.82) is 5.41 Å². The maximum absolute atomic E-state index is 8.53. The van der Waals surface area contributed by atoms with Crippen LogP contribution in [0, 0.1) is 11.3 Å². The van der Waals surface area contributed by atoms with Gasteiger partial charge >= 0.3 is 0 Å².